The summed E-state index contributed by atoms with van der Waals surface area (Å²) in [4.78, 5) is 44.9. The molecule has 2 aromatic heterocycles. The van der Waals surface area contributed by atoms with Gasteiger partial charge in [0.25, 0.3) is 5.56 Å². The molecule has 0 saturated carbocycles. The molecule has 0 N–H and O–H groups in total. The van der Waals surface area contributed by atoms with Crippen LogP contribution in [0.15, 0.2) is 16.0 Å². The average molecular weight is 393 g/mol. The fourth-order valence-electron chi connectivity index (χ4n) is 1.77. The maximum atomic E-state index is 12.5. The molecule has 0 unspecified atom stereocenters. The summed E-state index contributed by atoms with van der Waals surface area (Å²) in [5, 5.41) is 0. The van der Waals surface area contributed by atoms with E-state index in [1.807, 2.05) is 0 Å². The number of hydrogen-bond acceptors (Lipinski definition) is 8. The Kier molecular flexibility index (Phi) is 6.37. The van der Waals surface area contributed by atoms with Gasteiger partial charge in [0.05, 0.1) is 18.3 Å². The monoisotopic (exact) mass is 393 g/mol. The number of thioether (sulfide) groups is 1. The Balaban J connectivity index is 2.35. The predicted octanol–water partition coefficient (Wildman–Crippen LogP) is 0.707. The van der Waals surface area contributed by atoms with Gasteiger partial charge < -0.3 is 9.80 Å². The number of carbonyl (C=O) groups excluding carboxylic acids is 1. The Labute approximate surface area is 160 Å². The third-order valence-electron chi connectivity index (χ3n) is 3.15. The zero-order valence-electron chi connectivity index (χ0n) is 15.1. The van der Waals surface area contributed by atoms with E-state index in [2.05, 4.69) is 19.9 Å². The van der Waals surface area contributed by atoms with Gasteiger partial charge in [-0.2, -0.15) is 4.98 Å². The molecule has 2 rings (SSSR count). The molecule has 9 nitrogen and oxygen atoms in total. The molecule has 0 radical (unpaired) electrons. The summed E-state index contributed by atoms with van der Waals surface area (Å²) in [6.45, 7) is 0. The molecule has 2 heterocycles. The number of fused-ring (bicyclic) bond motifs is 1. The van der Waals surface area contributed by atoms with Crippen LogP contribution in [0.3, 0.4) is 0 Å². The highest BCUT2D eigenvalue weighted by molar-refractivity contribution is 8.23. The number of hydrogen-bond donors (Lipinski definition) is 0. The molecule has 0 saturated heterocycles. The van der Waals surface area contributed by atoms with Gasteiger partial charge >= 0.3 is 0 Å². The van der Waals surface area contributed by atoms with Crippen LogP contribution in [0.2, 0.25) is 0 Å². The Morgan fingerprint density at radius 3 is 2.65 bits per heavy atom. The second-order valence-electron chi connectivity index (χ2n) is 5.78. The molecular weight excluding hydrogens is 374 g/mol. The highest BCUT2D eigenvalue weighted by Crippen LogP contribution is 2.12. The quantitative estimate of drug-likeness (QED) is 0.315. The molecule has 0 spiro atoms. The van der Waals surface area contributed by atoms with E-state index in [-0.39, 0.29) is 34.3 Å². The van der Waals surface area contributed by atoms with E-state index in [1.165, 1.54) is 28.9 Å². The number of ketones is 1. The average Bonchev–Trinajstić information content (AvgIpc) is 2.60. The molecular formula is C15H19N7O2S2. The van der Waals surface area contributed by atoms with Gasteiger partial charge in [0.2, 0.25) is 5.95 Å². The number of Topliss-reactive ketones (excluding diaryl/α,β-unsaturated/α-hetero) is 1. The van der Waals surface area contributed by atoms with Gasteiger partial charge in [-0.3, -0.25) is 14.2 Å². The van der Waals surface area contributed by atoms with Crippen molar-refractivity contribution in [2.24, 2.45) is 12.0 Å². The molecule has 0 aliphatic carbocycles. The highest BCUT2D eigenvalue weighted by Gasteiger charge is 2.15. The van der Waals surface area contributed by atoms with Crippen LogP contribution >= 0.6 is 24.0 Å². The van der Waals surface area contributed by atoms with Crippen molar-refractivity contribution in [1.29, 1.82) is 0 Å². The fraction of sp³-hybridized carbons (Fsp3) is 0.400. The lowest BCUT2D eigenvalue weighted by Crippen LogP contribution is -2.22. The van der Waals surface area contributed by atoms with Crippen molar-refractivity contribution in [3.8, 4) is 0 Å². The molecule has 138 valence electrons. The lowest BCUT2D eigenvalue weighted by molar-refractivity contribution is 0.101. The Morgan fingerprint density at radius 1 is 1.35 bits per heavy atom. The highest BCUT2D eigenvalue weighted by atomic mass is 32.2. The predicted molar refractivity (Wildman–Crippen MR) is 107 cm³/mol. The van der Waals surface area contributed by atoms with Crippen LogP contribution in [0.1, 0.15) is 10.5 Å². The normalized spacial score (nSPS) is 11.1. The van der Waals surface area contributed by atoms with Crippen molar-refractivity contribution < 1.29 is 4.79 Å². The SMILES string of the molecule is CN(C)/C=N/c1nc2ncc(C(=O)CSC(=S)N(C)C)nc2c(=O)n1C. The molecule has 0 fully saturated rings. The van der Waals surface area contributed by atoms with Crippen LogP contribution in [0.25, 0.3) is 11.2 Å². The second kappa shape index (κ2) is 8.32. The minimum atomic E-state index is -0.417. The van der Waals surface area contributed by atoms with Crippen LogP contribution in [-0.2, 0) is 7.05 Å². The molecule has 0 aliphatic heterocycles. The third-order valence-corrected chi connectivity index (χ3v) is 4.89. The maximum absolute atomic E-state index is 12.5. The zero-order chi connectivity index (χ0) is 19.4. The lowest BCUT2D eigenvalue weighted by atomic mass is 10.3. The maximum Gasteiger partial charge on any atom is 0.282 e. The molecule has 0 amide bonds. The first-order chi connectivity index (χ1) is 12.2. The number of carbonyl (C=O) groups is 1. The van der Waals surface area contributed by atoms with Gasteiger partial charge in [-0.25, -0.2) is 15.0 Å². The van der Waals surface area contributed by atoms with Gasteiger partial charge in [-0.15, -0.1) is 0 Å². The molecule has 0 bridgehead atoms. The minimum absolute atomic E-state index is 0.0299. The summed E-state index contributed by atoms with van der Waals surface area (Å²) >= 11 is 6.37. The van der Waals surface area contributed by atoms with Gasteiger partial charge in [-0.1, -0.05) is 24.0 Å². The van der Waals surface area contributed by atoms with E-state index >= 15 is 0 Å². The molecule has 2 aromatic rings. The summed E-state index contributed by atoms with van der Waals surface area (Å²) in [5.41, 5.74) is -0.135. The summed E-state index contributed by atoms with van der Waals surface area (Å²) in [6, 6.07) is 0. The van der Waals surface area contributed by atoms with Crippen LogP contribution < -0.4 is 5.56 Å². The van der Waals surface area contributed by atoms with Gasteiger partial charge in [-0.05, 0) is 0 Å². The number of aromatic nitrogens is 4. The summed E-state index contributed by atoms with van der Waals surface area (Å²) < 4.78 is 1.86. The molecule has 11 heteroatoms. The van der Waals surface area contributed by atoms with E-state index in [0.717, 1.165) is 0 Å². The number of thiocarbonyl (C=S) groups is 1. The van der Waals surface area contributed by atoms with Crippen molar-refractivity contribution in [2.45, 2.75) is 0 Å². The zero-order valence-corrected chi connectivity index (χ0v) is 16.8. The standard InChI is InChI=1S/C15H19N7O2S2/c1-20(2)8-17-14-19-12-11(13(24)22(14)5)18-9(6-16-12)10(23)7-26-15(25)21(3)4/h6,8H,7H2,1-5H3/b17-8+. The van der Waals surface area contributed by atoms with Crippen molar-refractivity contribution in [3.63, 3.8) is 0 Å². The van der Waals surface area contributed by atoms with E-state index in [0.29, 0.717) is 4.32 Å². The molecule has 0 atom stereocenters. The summed E-state index contributed by atoms with van der Waals surface area (Å²) in [6.07, 6.45) is 2.85. The first-order valence-electron chi connectivity index (χ1n) is 7.52. The Bertz CT molecular complexity index is 937. The minimum Gasteiger partial charge on any atom is -0.369 e. The van der Waals surface area contributed by atoms with E-state index in [9.17, 15) is 9.59 Å². The largest absolute Gasteiger partial charge is 0.369 e. The summed E-state index contributed by atoms with van der Waals surface area (Å²) in [5.74, 6) is 0.0673. The van der Waals surface area contributed by atoms with Gasteiger partial charge in [0, 0.05) is 35.2 Å². The van der Waals surface area contributed by atoms with Crippen LogP contribution in [0.4, 0.5) is 5.95 Å². The fourth-order valence-corrected chi connectivity index (χ4v) is 2.61. The summed E-state index contributed by atoms with van der Waals surface area (Å²) in [7, 11) is 8.77. The number of nitrogens with zero attached hydrogens (tertiary/aromatic N) is 7. The van der Waals surface area contributed by atoms with Crippen molar-refractivity contribution in [1.82, 2.24) is 29.3 Å². The van der Waals surface area contributed by atoms with E-state index < -0.39 is 5.56 Å². The topological polar surface area (TPSA) is 96.6 Å². The van der Waals surface area contributed by atoms with Crippen LogP contribution in [0.5, 0.6) is 0 Å². The van der Waals surface area contributed by atoms with Gasteiger partial charge in [0.1, 0.15) is 10.0 Å². The van der Waals surface area contributed by atoms with Crippen molar-refractivity contribution in [2.75, 3.05) is 33.9 Å². The van der Waals surface area contributed by atoms with E-state index in [1.54, 1.807) is 45.0 Å². The Morgan fingerprint density at radius 2 is 2.04 bits per heavy atom. The first-order valence-corrected chi connectivity index (χ1v) is 8.91. The molecule has 26 heavy (non-hydrogen) atoms. The Hall–Kier alpha value is -2.40. The van der Waals surface area contributed by atoms with Crippen LogP contribution in [-0.4, -0.2) is 79.7 Å². The third kappa shape index (κ3) is 4.61. The lowest BCUT2D eigenvalue weighted by Gasteiger charge is -2.11. The molecule has 0 aromatic carbocycles. The van der Waals surface area contributed by atoms with Crippen LogP contribution in [0, 0.1) is 0 Å². The smallest absolute Gasteiger partial charge is 0.282 e. The first kappa shape index (κ1) is 19.9. The number of rotatable bonds is 5. The van der Waals surface area contributed by atoms with Gasteiger partial charge in [0.15, 0.2) is 16.9 Å². The van der Waals surface area contributed by atoms with Crippen molar-refractivity contribution in [3.05, 3.63) is 22.2 Å². The second-order valence-corrected chi connectivity index (χ2v) is 7.39. The molecule has 0 aliphatic rings. The van der Waals surface area contributed by atoms with Crippen molar-refractivity contribution >= 4 is 57.5 Å². The van der Waals surface area contributed by atoms with E-state index in [4.69, 9.17) is 12.2 Å². The number of aliphatic imine (C=N–C) groups is 1.